The SMILES string of the molecule is CC(C)(C)OC(=O)CNC1C(OCc2ccccc2)C(NCC(=O)OC(C)(C)C)C(OCc2ccccc2)C(NCC(O)CO)C1OCc1ccccc1. The summed E-state index contributed by atoms with van der Waals surface area (Å²) in [6, 6.07) is 27.1. The second kappa shape index (κ2) is 20.8. The van der Waals surface area contributed by atoms with Gasteiger partial charge in [0, 0.05) is 6.54 Å². The molecule has 296 valence electrons. The highest BCUT2D eigenvalue weighted by Gasteiger charge is 2.53. The summed E-state index contributed by atoms with van der Waals surface area (Å²) >= 11 is 0. The normalized spacial score (nSPS) is 22.4. The van der Waals surface area contributed by atoms with Crippen molar-refractivity contribution in [3.63, 3.8) is 0 Å². The van der Waals surface area contributed by atoms with E-state index in [1.165, 1.54) is 0 Å². The molecule has 5 N–H and O–H groups in total. The molecule has 5 unspecified atom stereocenters. The van der Waals surface area contributed by atoms with Crippen LogP contribution in [0.2, 0.25) is 0 Å². The van der Waals surface area contributed by atoms with E-state index < -0.39 is 72.3 Å². The first-order chi connectivity index (χ1) is 25.7. The smallest absolute Gasteiger partial charge is 0.320 e. The molecule has 0 aliphatic heterocycles. The van der Waals surface area contributed by atoms with Crippen molar-refractivity contribution in [2.75, 3.05) is 26.2 Å². The first-order valence-corrected chi connectivity index (χ1v) is 18.6. The molecule has 4 rings (SSSR count). The van der Waals surface area contributed by atoms with Gasteiger partial charge in [-0.1, -0.05) is 91.0 Å². The molecule has 3 aromatic carbocycles. The lowest BCUT2D eigenvalue weighted by Gasteiger charge is -2.51. The van der Waals surface area contributed by atoms with Crippen molar-refractivity contribution < 1.29 is 43.5 Å². The zero-order valence-electron chi connectivity index (χ0n) is 32.4. The first kappa shape index (κ1) is 43.0. The molecule has 1 aliphatic carbocycles. The van der Waals surface area contributed by atoms with Crippen LogP contribution in [0.5, 0.6) is 0 Å². The fraction of sp³-hybridized carbons (Fsp3) is 0.524. The summed E-state index contributed by atoms with van der Waals surface area (Å²) in [7, 11) is 0. The Morgan fingerprint density at radius 2 is 0.889 bits per heavy atom. The van der Waals surface area contributed by atoms with Crippen LogP contribution in [-0.4, -0.2) is 102 Å². The van der Waals surface area contributed by atoms with Gasteiger partial charge in [-0.15, -0.1) is 0 Å². The average Bonchev–Trinajstić information content (AvgIpc) is 3.13. The second-order valence-corrected chi connectivity index (χ2v) is 15.5. The predicted octanol–water partition coefficient (Wildman–Crippen LogP) is 3.67. The lowest BCUT2D eigenvalue weighted by Crippen LogP contribution is -2.75. The number of esters is 2. The Bertz CT molecular complexity index is 1450. The van der Waals surface area contributed by atoms with Crippen LogP contribution in [0.15, 0.2) is 91.0 Å². The van der Waals surface area contributed by atoms with Gasteiger partial charge in [-0.3, -0.25) is 20.2 Å². The van der Waals surface area contributed by atoms with Crippen molar-refractivity contribution in [2.45, 2.75) is 115 Å². The third kappa shape index (κ3) is 14.5. The van der Waals surface area contributed by atoms with E-state index >= 15 is 0 Å². The van der Waals surface area contributed by atoms with E-state index in [9.17, 15) is 19.8 Å². The van der Waals surface area contributed by atoms with Crippen LogP contribution in [0.4, 0.5) is 0 Å². The molecule has 0 bridgehead atoms. The van der Waals surface area contributed by atoms with E-state index in [0.29, 0.717) is 0 Å². The summed E-state index contributed by atoms with van der Waals surface area (Å²) in [6.45, 7) is 10.7. The van der Waals surface area contributed by atoms with E-state index in [-0.39, 0.29) is 39.5 Å². The minimum atomic E-state index is -1.08. The number of rotatable bonds is 19. The van der Waals surface area contributed by atoms with Gasteiger partial charge >= 0.3 is 11.9 Å². The minimum Gasteiger partial charge on any atom is -0.459 e. The Balaban J connectivity index is 1.82. The largest absolute Gasteiger partial charge is 0.459 e. The standard InChI is InChI=1S/C42H59N3O9/c1-41(2,3)53-33(48)23-44-36-38(50-26-29-16-10-7-11-17-29)35(43-22-32(47)25-46)39(51-27-30-18-12-8-13-19-30)37(45-24-34(49)54-42(4,5)6)40(36)52-28-31-20-14-9-15-21-31/h7-21,32,35-40,43-47H,22-28H2,1-6H3. The maximum absolute atomic E-state index is 13.2. The van der Waals surface area contributed by atoms with Crippen molar-refractivity contribution in [2.24, 2.45) is 0 Å². The van der Waals surface area contributed by atoms with Gasteiger partial charge < -0.3 is 39.2 Å². The average molecular weight is 750 g/mol. The van der Waals surface area contributed by atoms with Gasteiger partial charge in [-0.05, 0) is 58.2 Å². The van der Waals surface area contributed by atoms with Crippen molar-refractivity contribution in [1.82, 2.24) is 16.0 Å². The fourth-order valence-electron chi connectivity index (χ4n) is 6.34. The highest BCUT2D eigenvalue weighted by molar-refractivity contribution is 5.72. The van der Waals surface area contributed by atoms with Gasteiger partial charge in [0.25, 0.3) is 0 Å². The third-order valence-electron chi connectivity index (χ3n) is 8.58. The summed E-state index contributed by atoms with van der Waals surface area (Å²) in [5.41, 5.74) is 1.34. The Labute approximate surface area is 319 Å². The highest BCUT2D eigenvalue weighted by Crippen LogP contribution is 2.31. The molecule has 1 fully saturated rings. The van der Waals surface area contributed by atoms with Crippen LogP contribution < -0.4 is 16.0 Å². The lowest BCUT2D eigenvalue weighted by atomic mass is 9.78. The molecule has 1 saturated carbocycles. The van der Waals surface area contributed by atoms with Crippen LogP contribution in [0.3, 0.4) is 0 Å². The van der Waals surface area contributed by atoms with Gasteiger partial charge in [-0.25, -0.2) is 0 Å². The predicted molar refractivity (Wildman–Crippen MR) is 205 cm³/mol. The Morgan fingerprint density at radius 3 is 1.19 bits per heavy atom. The summed E-state index contributed by atoms with van der Waals surface area (Å²) in [6.07, 6.45) is -3.31. The molecule has 1 aliphatic rings. The van der Waals surface area contributed by atoms with E-state index in [1.807, 2.05) is 91.0 Å². The van der Waals surface area contributed by atoms with Gasteiger partial charge in [0.05, 0.1) is 82.1 Å². The number of nitrogens with one attached hydrogen (secondary N) is 3. The van der Waals surface area contributed by atoms with E-state index in [2.05, 4.69) is 16.0 Å². The maximum Gasteiger partial charge on any atom is 0.320 e. The number of aliphatic hydroxyl groups is 2. The second-order valence-electron chi connectivity index (χ2n) is 15.5. The Kier molecular flexibility index (Phi) is 16.6. The third-order valence-corrected chi connectivity index (χ3v) is 8.58. The molecule has 0 heterocycles. The van der Waals surface area contributed by atoms with Crippen LogP contribution >= 0.6 is 0 Å². The lowest BCUT2D eigenvalue weighted by molar-refractivity contribution is -0.170. The maximum atomic E-state index is 13.2. The van der Waals surface area contributed by atoms with Crippen LogP contribution in [-0.2, 0) is 53.1 Å². The minimum absolute atomic E-state index is 0.00463. The van der Waals surface area contributed by atoms with E-state index in [1.54, 1.807) is 41.5 Å². The van der Waals surface area contributed by atoms with Gasteiger partial charge in [-0.2, -0.15) is 0 Å². The van der Waals surface area contributed by atoms with Crippen molar-refractivity contribution in [3.8, 4) is 0 Å². The van der Waals surface area contributed by atoms with Crippen LogP contribution in [0.25, 0.3) is 0 Å². The molecule has 0 radical (unpaired) electrons. The quantitative estimate of drug-likeness (QED) is 0.114. The molecule has 0 spiro atoms. The number of carbonyl (C=O) groups is 2. The van der Waals surface area contributed by atoms with Gasteiger partial charge in [0.2, 0.25) is 0 Å². The Morgan fingerprint density at radius 1 is 0.574 bits per heavy atom. The Hall–Kier alpha value is -3.72. The monoisotopic (exact) mass is 749 g/mol. The number of hydrogen-bond donors (Lipinski definition) is 5. The number of carbonyl (C=O) groups excluding carboxylic acids is 2. The molecular weight excluding hydrogens is 690 g/mol. The number of ether oxygens (including phenoxy) is 5. The van der Waals surface area contributed by atoms with Crippen LogP contribution in [0, 0.1) is 0 Å². The molecule has 54 heavy (non-hydrogen) atoms. The zero-order chi connectivity index (χ0) is 39.1. The zero-order valence-corrected chi connectivity index (χ0v) is 32.4. The summed E-state index contributed by atoms with van der Waals surface area (Å²) in [4.78, 5) is 26.4. The van der Waals surface area contributed by atoms with E-state index in [4.69, 9.17) is 23.7 Å². The van der Waals surface area contributed by atoms with Crippen LogP contribution in [0.1, 0.15) is 58.2 Å². The molecule has 3 aromatic rings. The number of aliphatic hydroxyl groups excluding tert-OH is 2. The molecule has 0 amide bonds. The van der Waals surface area contributed by atoms with Crippen molar-refractivity contribution in [1.29, 1.82) is 0 Å². The summed E-state index contributed by atoms with van der Waals surface area (Å²) in [5.74, 6) is -0.931. The van der Waals surface area contributed by atoms with Gasteiger partial charge in [0.15, 0.2) is 0 Å². The van der Waals surface area contributed by atoms with Gasteiger partial charge in [0.1, 0.15) is 11.2 Å². The van der Waals surface area contributed by atoms with E-state index in [0.717, 1.165) is 16.7 Å². The molecule has 12 nitrogen and oxygen atoms in total. The van der Waals surface area contributed by atoms with Crippen molar-refractivity contribution in [3.05, 3.63) is 108 Å². The molecule has 5 atom stereocenters. The molecule has 12 heteroatoms. The number of hydrogen-bond acceptors (Lipinski definition) is 12. The van der Waals surface area contributed by atoms with Crippen molar-refractivity contribution >= 4 is 11.9 Å². The summed E-state index contributed by atoms with van der Waals surface area (Å²) < 4.78 is 31.8. The first-order valence-electron chi connectivity index (χ1n) is 18.6. The molecule has 0 aromatic heterocycles. The molecular formula is C42H59N3O9. The highest BCUT2D eigenvalue weighted by atomic mass is 16.6. The topological polar surface area (TPSA) is 157 Å². The summed E-state index contributed by atoms with van der Waals surface area (Å²) in [5, 5.41) is 30.6. The molecule has 0 saturated heterocycles. The number of benzene rings is 3. The fourth-order valence-corrected chi connectivity index (χ4v) is 6.34.